The van der Waals surface area contributed by atoms with Gasteiger partial charge in [0.15, 0.2) is 0 Å². The van der Waals surface area contributed by atoms with Crippen molar-refractivity contribution in [1.82, 2.24) is 5.32 Å². The summed E-state index contributed by atoms with van der Waals surface area (Å²) in [4.78, 5) is 13.7. The Morgan fingerprint density at radius 1 is 1.13 bits per heavy atom. The minimum atomic E-state index is -0.782. The lowest BCUT2D eigenvalue weighted by Crippen LogP contribution is -2.46. The van der Waals surface area contributed by atoms with E-state index < -0.39 is 17.9 Å². The van der Waals surface area contributed by atoms with Gasteiger partial charge in [-0.1, -0.05) is 36.4 Å². The summed E-state index contributed by atoms with van der Waals surface area (Å²) in [5, 5.41) is 12.1. The number of nitrogens with zero attached hydrogens (tertiary/aromatic N) is 2. The minimum Gasteiger partial charge on any atom is -0.327 e. The SMILES string of the molecule is N#CC1=C(S)N(c2ccccc2)[C@@H](c2ccccc2F)NC1=O. The Labute approximate surface area is 138 Å². The van der Waals surface area contributed by atoms with Gasteiger partial charge in [-0.3, -0.25) is 4.79 Å². The predicted octanol–water partition coefficient (Wildman–Crippen LogP) is 3.13. The monoisotopic (exact) mass is 325 g/mol. The van der Waals surface area contributed by atoms with E-state index in [0.29, 0.717) is 11.3 Å². The van der Waals surface area contributed by atoms with Crippen LogP contribution in [-0.2, 0) is 4.79 Å². The molecule has 0 saturated carbocycles. The Morgan fingerprint density at radius 3 is 2.43 bits per heavy atom. The lowest BCUT2D eigenvalue weighted by atomic mass is 10.1. The highest BCUT2D eigenvalue weighted by atomic mass is 32.1. The molecule has 1 amide bonds. The average molecular weight is 325 g/mol. The predicted molar refractivity (Wildman–Crippen MR) is 87.8 cm³/mol. The van der Waals surface area contributed by atoms with Crippen LogP contribution in [0.5, 0.6) is 0 Å². The second-order valence-corrected chi connectivity index (χ2v) is 5.34. The van der Waals surface area contributed by atoms with Crippen molar-refractivity contribution >= 4 is 24.2 Å². The zero-order valence-corrected chi connectivity index (χ0v) is 12.8. The Bertz CT molecular complexity index is 829. The molecule has 0 aromatic heterocycles. The van der Waals surface area contributed by atoms with Gasteiger partial charge in [0.05, 0.1) is 5.03 Å². The van der Waals surface area contributed by atoms with Gasteiger partial charge in [0, 0.05) is 11.3 Å². The minimum absolute atomic E-state index is 0.107. The highest BCUT2D eigenvalue weighted by Gasteiger charge is 2.35. The first kappa shape index (κ1) is 15.1. The molecule has 1 aliphatic heterocycles. The molecule has 1 N–H and O–H groups in total. The molecule has 1 aliphatic rings. The maximum absolute atomic E-state index is 14.2. The number of halogens is 1. The molecule has 0 bridgehead atoms. The van der Waals surface area contributed by atoms with E-state index in [2.05, 4.69) is 17.9 Å². The molecule has 0 saturated heterocycles. The molecule has 0 aliphatic carbocycles. The lowest BCUT2D eigenvalue weighted by molar-refractivity contribution is -0.118. The first-order valence-electron chi connectivity index (χ1n) is 6.86. The van der Waals surface area contributed by atoms with Crippen LogP contribution in [0, 0.1) is 17.1 Å². The molecule has 23 heavy (non-hydrogen) atoms. The van der Waals surface area contributed by atoms with Crippen LogP contribution < -0.4 is 10.2 Å². The number of hydrogen-bond donors (Lipinski definition) is 2. The van der Waals surface area contributed by atoms with Crippen LogP contribution in [0.1, 0.15) is 11.7 Å². The third-order valence-electron chi connectivity index (χ3n) is 3.55. The summed E-state index contributed by atoms with van der Waals surface area (Å²) in [6, 6.07) is 17.1. The van der Waals surface area contributed by atoms with Gasteiger partial charge in [-0.2, -0.15) is 5.26 Å². The van der Waals surface area contributed by atoms with Gasteiger partial charge in [-0.25, -0.2) is 4.39 Å². The van der Waals surface area contributed by atoms with E-state index in [1.807, 2.05) is 24.3 Å². The molecule has 4 nitrogen and oxygen atoms in total. The van der Waals surface area contributed by atoms with Crippen LogP contribution in [0.15, 0.2) is 65.2 Å². The summed E-state index contributed by atoms with van der Waals surface area (Å²) >= 11 is 4.35. The van der Waals surface area contributed by atoms with Crippen molar-refractivity contribution in [3.63, 3.8) is 0 Å². The molecule has 2 aromatic carbocycles. The third-order valence-corrected chi connectivity index (χ3v) is 3.99. The van der Waals surface area contributed by atoms with E-state index in [-0.39, 0.29) is 10.6 Å². The number of carbonyl (C=O) groups is 1. The molecule has 3 rings (SSSR count). The molecule has 2 aromatic rings. The van der Waals surface area contributed by atoms with E-state index in [9.17, 15) is 14.4 Å². The van der Waals surface area contributed by atoms with Crippen molar-refractivity contribution < 1.29 is 9.18 Å². The number of hydrogen-bond acceptors (Lipinski definition) is 4. The van der Waals surface area contributed by atoms with Crippen molar-refractivity contribution in [3.05, 3.63) is 76.6 Å². The van der Waals surface area contributed by atoms with Gasteiger partial charge in [0.2, 0.25) is 0 Å². The van der Waals surface area contributed by atoms with Crippen LogP contribution in [-0.4, -0.2) is 5.91 Å². The number of rotatable bonds is 2. The van der Waals surface area contributed by atoms with Gasteiger partial charge in [-0.15, -0.1) is 12.6 Å². The van der Waals surface area contributed by atoms with E-state index in [1.54, 1.807) is 35.2 Å². The highest BCUT2D eigenvalue weighted by molar-refractivity contribution is 7.84. The first-order chi connectivity index (χ1) is 11.1. The number of amides is 1. The molecule has 6 heteroatoms. The number of para-hydroxylation sites is 1. The standard InChI is InChI=1S/C17H12FN3OS/c18-14-9-5-4-8-12(14)15-20-16(22)13(10-19)17(23)21(15)11-6-2-1-3-7-11/h1-9,15,23H,(H,20,22)/t15-/m0/s1. The number of thiol groups is 1. The van der Waals surface area contributed by atoms with E-state index in [0.717, 1.165) is 0 Å². The molecular formula is C17H12FN3OS. The summed E-state index contributed by atoms with van der Waals surface area (Å²) in [7, 11) is 0. The van der Waals surface area contributed by atoms with Gasteiger partial charge >= 0.3 is 0 Å². The van der Waals surface area contributed by atoms with Gasteiger partial charge < -0.3 is 10.2 Å². The fourth-order valence-electron chi connectivity index (χ4n) is 2.48. The molecule has 114 valence electrons. The molecule has 1 heterocycles. The molecule has 0 radical (unpaired) electrons. The van der Waals surface area contributed by atoms with Crippen molar-refractivity contribution in [2.75, 3.05) is 4.90 Å². The highest BCUT2D eigenvalue weighted by Crippen LogP contribution is 2.36. The summed E-state index contributed by atoms with van der Waals surface area (Å²) in [6.45, 7) is 0. The number of anilines is 1. The maximum atomic E-state index is 14.2. The van der Waals surface area contributed by atoms with Gasteiger partial charge in [0.1, 0.15) is 23.6 Å². The van der Waals surface area contributed by atoms with E-state index in [1.165, 1.54) is 6.07 Å². The van der Waals surface area contributed by atoms with Crippen LogP contribution in [0.25, 0.3) is 0 Å². The zero-order valence-electron chi connectivity index (χ0n) is 11.9. The first-order valence-corrected chi connectivity index (χ1v) is 7.31. The average Bonchev–Trinajstić information content (AvgIpc) is 2.56. The Hall–Kier alpha value is -2.78. The second kappa shape index (κ2) is 6.15. The van der Waals surface area contributed by atoms with Crippen molar-refractivity contribution in [2.24, 2.45) is 0 Å². The topological polar surface area (TPSA) is 56.1 Å². The maximum Gasteiger partial charge on any atom is 0.266 e. The summed E-state index contributed by atoms with van der Waals surface area (Å²) < 4.78 is 14.2. The number of nitrogens with one attached hydrogen (secondary N) is 1. The fourth-order valence-corrected chi connectivity index (χ4v) is 2.86. The molecule has 0 spiro atoms. The number of benzene rings is 2. The fraction of sp³-hybridized carbons (Fsp3) is 0.0588. The summed E-state index contributed by atoms with van der Waals surface area (Å²) in [6.07, 6.45) is -0.782. The normalized spacial score (nSPS) is 17.7. The lowest BCUT2D eigenvalue weighted by Gasteiger charge is -2.38. The van der Waals surface area contributed by atoms with E-state index in [4.69, 9.17) is 0 Å². The largest absolute Gasteiger partial charge is 0.327 e. The van der Waals surface area contributed by atoms with Crippen LogP contribution in [0.3, 0.4) is 0 Å². The molecular weight excluding hydrogens is 313 g/mol. The molecule has 1 atom stereocenters. The van der Waals surface area contributed by atoms with Crippen molar-refractivity contribution in [3.8, 4) is 6.07 Å². The molecule has 0 unspecified atom stereocenters. The van der Waals surface area contributed by atoms with Gasteiger partial charge in [-0.05, 0) is 18.2 Å². The summed E-state index contributed by atoms with van der Waals surface area (Å²) in [5.41, 5.74) is 0.886. The van der Waals surface area contributed by atoms with Crippen LogP contribution in [0.4, 0.5) is 10.1 Å². The smallest absolute Gasteiger partial charge is 0.266 e. The van der Waals surface area contributed by atoms with E-state index >= 15 is 0 Å². The Kier molecular flexibility index (Phi) is 4.04. The third kappa shape index (κ3) is 2.67. The zero-order chi connectivity index (χ0) is 16.4. The van der Waals surface area contributed by atoms with Gasteiger partial charge in [0.25, 0.3) is 5.91 Å². The Balaban J connectivity index is 2.19. The number of nitriles is 1. The summed E-state index contributed by atoms with van der Waals surface area (Å²) in [5.74, 6) is -1.02. The van der Waals surface area contributed by atoms with Crippen LogP contribution >= 0.6 is 12.6 Å². The quantitative estimate of drug-likeness (QED) is 0.834. The van der Waals surface area contributed by atoms with Crippen LogP contribution in [0.2, 0.25) is 0 Å². The van der Waals surface area contributed by atoms with Crippen molar-refractivity contribution in [1.29, 1.82) is 5.26 Å². The number of carbonyl (C=O) groups excluding carboxylic acids is 1. The second-order valence-electron chi connectivity index (χ2n) is 4.91. The van der Waals surface area contributed by atoms with Crippen molar-refractivity contribution in [2.45, 2.75) is 6.17 Å². The Morgan fingerprint density at radius 2 is 1.78 bits per heavy atom. The molecule has 0 fully saturated rings.